The SMILES string of the molecule is CN(C)CCN(c1nc(-c2cnc3ccc(F)cn23)nc(N2CCC(N(C)C)CC2)c1F)C1CCCN(C(=O)CC#N)C1. The monoisotopic (exact) mass is 594 g/mol. The van der Waals surface area contributed by atoms with Crippen molar-refractivity contribution in [3.8, 4) is 17.6 Å². The van der Waals surface area contributed by atoms with Crippen LogP contribution in [0.5, 0.6) is 0 Å². The number of halogens is 2. The van der Waals surface area contributed by atoms with Crippen LogP contribution in [0.2, 0.25) is 0 Å². The number of fused-ring (bicyclic) bond motifs is 1. The van der Waals surface area contributed by atoms with Crippen molar-refractivity contribution < 1.29 is 13.6 Å². The first-order valence-corrected chi connectivity index (χ1v) is 14.8. The zero-order valence-electron chi connectivity index (χ0n) is 25.4. The highest BCUT2D eigenvalue weighted by Gasteiger charge is 2.33. The number of amides is 1. The summed E-state index contributed by atoms with van der Waals surface area (Å²) in [5, 5.41) is 9.10. The number of rotatable bonds is 9. The molecule has 2 aliphatic heterocycles. The van der Waals surface area contributed by atoms with Gasteiger partial charge in [-0.15, -0.1) is 0 Å². The zero-order chi connectivity index (χ0) is 30.7. The quantitative estimate of drug-likeness (QED) is 0.370. The third-order valence-electron chi connectivity index (χ3n) is 8.49. The number of hydrogen-bond donors (Lipinski definition) is 0. The van der Waals surface area contributed by atoms with Gasteiger partial charge in [0.1, 0.15) is 23.6 Å². The van der Waals surface area contributed by atoms with E-state index in [0.717, 1.165) is 25.7 Å². The summed E-state index contributed by atoms with van der Waals surface area (Å²) in [6, 6.07) is 5.06. The molecule has 1 atom stereocenters. The molecule has 0 N–H and O–H groups in total. The van der Waals surface area contributed by atoms with Gasteiger partial charge >= 0.3 is 0 Å². The number of anilines is 2. The molecule has 0 bridgehead atoms. The van der Waals surface area contributed by atoms with Crippen molar-refractivity contribution >= 4 is 23.2 Å². The molecule has 13 heteroatoms. The van der Waals surface area contributed by atoms with Crippen LogP contribution < -0.4 is 9.80 Å². The molecule has 0 aliphatic carbocycles. The van der Waals surface area contributed by atoms with Crippen molar-refractivity contribution in [2.45, 2.75) is 44.2 Å². The third kappa shape index (κ3) is 6.70. The van der Waals surface area contributed by atoms with Gasteiger partial charge in [-0.3, -0.25) is 9.20 Å². The van der Waals surface area contributed by atoms with Crippen LogP contribution in [-0.4, -0.2) is 120 Å². The predicted molar refractivity (Wildman–Crippen MR) is 161 cm³/mol. The number of nitrogens with zero attached hydrogens (tertiary/aromatic N) is 10. The van der Waals surface area contributed by atoms with Crippen molar-refractivity contribution in [2.75, 3.05) is 77.3 Å². The summed E-state index contributed by atoms with van der Waals surface area (Å²) in [5.41, 5.74) is 0.991. The van der Waals surface area contributed by atoms with Gasteiger partial charge in [0.15, 0.2) is 17.5 Å². The number of nitriles is 1. The molecular weight excluding hydrogens is 554 g/mol. The lowest BCUT2D eigenvalue weighted by Crippen LogP contribution is -2.52. The summed E-state index contributed by atoms with van der Waals surface area (Å²) < 4.78 is 32.7. The van der Waals surface area contributed by atoms with E-state index in [1.165, 1.54) is 12.3 Å². The van der Waals surface area contributed by atoms with E-state index in [-0.39, 0.29) is 35.8 Å². The minimum Gasteiger partial charge on any atom is -0.354 e. The van der Waals surface area contributed by atoms with Gasteiger partial charge < -0.3 is 24.5 Å². The van der Waals surface area contributed by atoms with Gasteiger partial charge in [0.05, 0.1) is 12.3 Å². The fraction of sp³-hybridized carbons (Fsp3) is 0.567. The summed E-state index contributed by atoms with van der Waals surface area (Å²) in [6.45, 7) is 3.30. The number of hydrogen-bond acceptors (Lipinski definition) is 9. The molecule has 0 aromatic carbocycles. The zero-order valence-corrected chi connectivity index (χ0v) is 25.4. The minimum absolute atomic E-state index is 0.155. The molecule has 43 heavy (non-hydrogen) atoms. The number of likely N-dealkylation sites (N-methyl/N-ethyl adjacent to an activating group) is 1. The standard InChI is InChI=1S/C30H40F2N10O/c1-37(2)16-17-41(23-6-5-13-40(20-23)26(43)9-12-33)30-27(32)29(39-14-10-22(11-15-39)38(3)4)35-28(36-30)24-18-34-25-8-7-21(31)19-42(24)25/h7-8,18-19,22-23H,5-6,9-11,13-17,20H2,1-4H3. The molecule has 3 aromatic heterocycles. The average Bonchev–Trinajstić information content (AvgIpc) is 3.41. The number of carbonyl (C=O) groups is 1. The molecule has 2 saturated heterocycles. The van der Waals surface area contributed by atoms with E-state index in [0.29, 0.717) is 56.7 Å². The number of imidazole rings is 1. The van der Waals surface area contributed by atoms with Crippen LogP contribution >= 0.6 is 0 Å². The maximum atomic E-state index is 16.8. The van der Waals surface area contributed by atoms with E-state index in [9.17, 15) is 9.18 Å². The summed E-state index contributed by atoms with van der Waals surface area (Å²) in [5.74, 6) is -0.541. The van der Waals surface area contributed by atoms with E-state index in [1.807, 2.05) is 34.9 Å². The van der Waals surface area contributed by atoms with Crippen LogP contribution in [-0.2, 0) is 4.79 Å². The van der Waals surface area contributed by atoms with Gasteiger partial charge in [-0.2, -0.15) is 9.65 Å². The van der Waals surface area contributed by atoms with Crippen molar-refractivity contribution in [1.29, 1.82) is 5.26 Å². The lowest BCUT2D eigenvalue weighted by atomic mass is 10.0. The molecule has 5 rings (SSSR count). The van der Waals surface area contributed by atoms with Gasteiger partial charge in [0, 0.05) is 57.5 Å². The molecule has 1 unspecified atom stereocenters. The summed E-state index contributed by atoms with van der Waals surface area (Å²) in [4.78, 5) is 36.5. The number of likely N-dealkylation sites (tertiary alicyclic amines) is 1. The lowest BCUT2D eigenvalue weighted by molar-refractivity contribution is -0.131. The highest BCUT2D eigenvalue weighted by atomic mass is 19.1. The van der Waals surface area contributed by atoms with Gasteiger partial charge in [-0.25, -0.2) is 19.3 Å². The normalized spacial score (nSPS) is 18.1. The maximum absolute atomic E-state index is 16.8. The second-order valence-corrected chi connectivity index (χ2v) is 11.9. The van der Waals surface area contributed by atoms with E-state index in [1.54, 1.807) is 21.6 Å². The van der Waals surface area contributed by atoms with Gasteiger partial charge in [-0.05, 0) is 66.0 Å². The molecule has 3 aromatic rings. The largest absolute Gasteiger partial charge is 0.354 e. The molecular formula is C30H40F2N10O. The summed E-state index contributed by atoms with van der Waals surface area (Å²) >= 11 is 0. The number of piperidine rings is 2. The Hall–Kier alpha value is -3.89. The third-order valence-corrected chi connectivity index (χ3v) is 8.49. The fourth-order valence-electron chi connectivity index (χ4n) is 6.04. The first-order chi connectivity index (χ1) is 20.7. The average molecular weight is 595 g/mol. The Morgan fingerprint density at radius 3 is 2.51 bits per heavy atom. The van der Waals surface area contributed by atoms with Crippen molar-refractivity contribution in [3.63, 3.8) is 0 Å². The Kier molecular flexibility index (Phi) is 9.37. The van der Waals surface area contributed by atoms with E-state index < -0.39 is 11.6 Å². The van der Waals surface area contributed by atoms with Crippen molar-refractivity contribution in [3.05, 3.63) is 36.2 Å². The number of carbonyl (C=O) groups excluding carboxylic acids is 1. The van der Waals surface area contributed by atoms with E-state index >= 15 is 4.39 Å². The molecule has 2 fully saturated rings. The molecule has 0 spiro atoms. The van der Waals surface area contributed by atoms with Crippen molar-refractivity contribution in [1.82, 2.24) is 34.1 Å². The summed E-state index contributed by atoms with van der Waals surface area (Å²) in [7, 11) is 8.03. The second kappa shape index (κ2) is 13.2. The highest BCUT2D eigenvalue weighted by molar-refractivity contribution is 5.78. The molecule has 11 nitrogen and oxygen atoms in total. The summed E-state index contributed by atoms with van der Waals surface area (Å²) in [6.07, 6.45) is 5.94. The molecule has 230 valence electrons. The first-order valence-electron chi connectivity index (χ1n) is 14.8. The fourth-order valence-corrected chi connectivity index (χ4v) is 6.04. The van der Waals surface area contributed by atoms with Crippen LogP contribution in [0.15, 0.2) is 24.5 Å². The topological polar surface area (TPSA) is 100 Å². The Labute approximate surface area is 251 Å². The van der Waals surface area contributed by atoms with E-state index in [4.69, 9.17) is 15.2 Å². The van der Waals surface area contributed by atoms with Crippen LogP contribution in [0.3, 0.4) is 0 Å². The smallest absolute Gasteiger partial charge is 0.236 e. The highest BCUT2D eigenvalue weighted by Crippen LogP contribution is 2.33. The first kappa shape index (κ1) is 30.6. The second-order valence-electron chi connectivity index (χ2n) is 11.9. The Bertz CT molecular complexity index is 1480. The molecule has 5 heterocycles. The molecule has 2 aliphatic rings. The molecule has 1 amide bonds. The van der Waals surface area contributed by atoms with Gasteiger partial charge in [0.25, 0.3) is 0 Å². The Morgan fingerprint density at radius 1 is 1.05 bits per heavy atom. The Morgan fingerprint density at radius 2 is 1.81 bits per heavy atom. The minimum atomic E-state index is -0.508. The van der Waals surface area contributed by atoms with Crippen LogP contribution in [0.1, 0.15) is 32.1 Å². The number of pyridine rings is 1. The van der Waals surface area contributed by atoms with Crippen LogP contribution in [0.25, 0.3) is 17.2 Å². The van der Waals surface area contributed by atoms with Crippen molar-refractivity contribution in [2.24, 2.45) is 0 Å². The predicted octanol–water partition coefficient (Wildman–Crippen LogP) is 2.87. The van der Waals surface area contributed by atoms with Gasteiger partial charge in [0.2, 0.25) is 11.7 Å². The van der Waals surface area contributed by atoms with Gasteiger partial charge in [-0.1, -0.05) is 0 Å². The van der Waals surface area contributed by atoms with E-state index in [2.05, 4.69) is 24.0 Å². The maximum Gasteiger partial charge on any atom is 0.236 e. The molecule has 0 radical (unpaired) electrons. The lowest BCUT2D eigenvalue weighted by Gasteiger charge is -2.41. The molecule has 0 saturated carbocycles. The number of aromatic nitrogens is 4. The van der Waals surface area contributed by atoms with Crippen LogP contribution in [0.4, 0.5) is 20.4 Å². The van der Waals surface area contributed by atoms with Crippen LogP contribution in [0, 0.1) is 23.0 Å². The Balaban J connectivity index is 1.61.